The topological polar surface area (TPSA) is 75.6 Å². The third kappa shape index (κ3) is 4.74. The highest BCUT2D eigenvalue weighted by Gasteiger charge is 2.42. The number of nitrogens with one attached hydrogen (secondary N) is 1. The van der Waals surface area contributed by atoms with Crippen molar-refractivity contribution in [2.75, 3.05) is 0 Å². The van der Waals surface area contributed by atoms with Crippen molar-refractivity contribution in [3.63, 3.8) is 0 Å². The predicted molar refractivity (Wildman–Crippen MR) is 102 cm³/mol. The summed E-state index contributed by atoms with van der Waals surface area (Å²) in [6.45, 7) is 0.125. The van der Waals surface area contributed by atoms with E-state index in [0.717, 1.165) is 30.4 Å². The number of benzene rings is 2. The molecule has 1 amide bonds. The average Bonchev–Trinajstić information content (AvgIpc) is 2.73. The van der Waals surface area contributed by atoms with E-state index in [4.69, 9.17) is 9.84 Å². The molecule has 2 aromatic carbocycles. The molecule has 0 aromatic heterocycles. The van der Waals surface area contributed by atoms with Gasteiger partial charge in [0, 0.05) is 5.56 Å². The van der Waals surface area contributed by atoms with Crippen LogP contribution in [-0.4, -0.2) is 22.5 Å². The number of aliphatic hydroxyl groups is 1. The number of esters is 1. The Morgan fingerprint density at radius 2 is 1.59 bits per heavy atom. The SMILES string of the molecule is O=C(NC1(C(=O)OCc2ccccc2)CCCCC1)c1ccc(CO)cc1. The van der Waals surface area contributed by atoms with Crippen molar-refractivity contribution in [2.45, 2.75) is 50.9 Å². The maximum Gasteiger partial charge on any atom is 0.332 e. The van der Waals surface area contributed by atoms with Crippen LogP contribution in [0.3, 0.4) is 0 Å². The van der Waals surface area contributed by atoms with E-state index in [1.54, 1.807) is 24.3 Å². The molecule has 0 radical (unpaired) electrons. The van der Waals surface area contributed by atoms with Gasteiger partial charge < -0.3 is 15.2 Å². The summed E-state index contributed by atoms with van der Waals surface area (Å²) < 4.78 is 5.56. The third-order valence-electron chi connectivity index (χ3n) is 5.06. The molecule has 0 heterocycles. The first-order valence-corrected chi connectivity index (χ1v) is 9.36. The average molecular weight is 367 g/mol. The molecule has 3 rings (SSSR count). The molecule has 5 heteroatoms. The molecule has 27 heavy (non-hydrogen) atoms. The molecular weight excluding hydrogens is 342 g/mol. The van der Waals surface area contributed by atoms with Crippen molar-refractivity contribution >= 4 is 11.9 Å². The van der Waals surface area contributed by atoms with E-state index in [0.29, 0.717) is 18.4 Å². The first-order chi connectivity index (χ1) is 13.1. The molecule has 5 nitrogen and oxygen atoms in total. The van der Waals surface area contributed by atoms with E-state index in [1.807, 2.05) is 30.3 Å². The Morgan fingerprint density at radius 3 is 2.22 bits per heavy atom. The molecule has 1 saturated carbocycles. The van der Waals surface area contributed by atoms with E-state index in [2.05, 4.69) is 5.32 Å². The van der Waals surface area contributed by atoms with E-state index in [-0.39, 0.29) is 25.1 Å². The lowest BCUT2D eigenvalue weighted by atomic mass is 9.81. The van der Waals surface area contributed by atoms with Crippen molar-refractivity contribution in [3.8, 4) is 0 Å². The Labute approximate surface area is 159 Å². The van der Waals surface area contributed by atoms with Gasteiger partial charge in [-0.05, 0) is 36.1 Å². The number of ether oxygens (including phenoxy) is 1. The monoisotopic (exact) mass is 367 g/mol. The summed E-state index contributed by atoms with van der Waals surface area (Å²) in [5, 5.41) is 12.1. The molecule has 1 aliphatic rings. The number of carbonyl (C=O) groups excluding carboxylic acids is 2. The Kier molecular flexibility index (Phi) is 6.24. The van der Waals surface area contributed by atoms with Gasteiger partial charge in [-0.2, -0.15) is 0 Å². The number of rotatable bonds is 6. The lowest BCUT2D eigenvalue weighted by molar-refractivity contribution is -0.154. The minimum Gasteiger partial charge on any atom is -0.459 e. The van der Waals surface area contributed by atoms with Gasteiger partial charge in [-0.15, -0.1) is 0 Å². The number of amides is 1. The number of hydrogen-bond donors (Lipinski definition) is 2. The van der Waals surface area contributed by atoms with Crippen LogP contribution in [0.1, 0.15) is 53.6 Å². The smallest absolute Gasteiger partial charge is 0.332 e. The normalized spacial score (nSPS) is 15.7. The lowest BCUT2D eigenvalue weighted by Gasteiger charge is -2.35. The highest BCUT2D eigenvalue weighted by atomic mass is 16.5. The first kappa shape index (κ1) is 19.1. The summed E-state index contributed by atoms with van der Waals surface area (Å²) in [6, 6.07) is 16.3. The Morgan fingerprint density at radius 1 is 0.926 bits per heavy atom. The second kappa shape index (κ2) is 8.82. The van der Waals surface area contributed by atoms with Gasteiger partial charge in [-0.1, -0.05) is 61.7 Å². The van der Waals surface area contributed by atoms with E-state index in [9.17, 15) is 9.59 Å². The number of aliphatic hydroxyl groups excluding tert-OH is 1. The van der Waals surface area contributed by atoms with Crippen LogP contribution in [0.4, 0.5) is 0 Å². The lowest BCUT2D eigenvalue weighted by Crippen LogP contribution is -2.56. The van der Waals surface area contributed by atoms with Crippen LogP contribution in [0.25, 0.3) is 0 Å². The standard InChI is InChI=1S/C22H25NO4/c24-15-17-9-11-19(12-10-17)20(25)23-22(13-5-2-6-14-22)21(26)27-16-18-7-3-1-4-8-18/h1,3-4,7-12,24H,2,5-6,13-16H2,(H,23,25). The van der Waals surface area contributed by atoms with E-state index in [1.165, 1.54) is 0 Å². The van der Waals surface area contributed by atoms with Crippen LogP contribution in [0.5, 0.6) is 0 Å². The van der Waals surface area contributed by atoms with Crippen molar-refractivity contribution in [1.82, 2.24) is 5.32 Å². The van der Waals surface area contributed by atoms with Crippen LogP contribution in [0.15, 0.2) is 54.6 Å². The van der Waals surface area contributed by atoms with Crippen molar-refractivity contribution < 1.29 is 19.4 Å². The molecule has 0 atom stereocenters. The Balaban J connectivity index is 1.71. The Bertz CT molecular complexity index is 765. The molecule has 1 aliphatic carbocycles. The summed E-state index contributed by atoms with van der Waals surface area (Å²) in [7, 11) is 0. The number of carbonyl (C=O) groups is 2. The van der Waals surface area contributed by atoms with Crippen LogP contribution in [0, 0.1) is 0 Å². The molecule has 0 spiro atoms. The zero-order valence-corrected chi connectivity index (χ0v) is 15.3. The molecule has 2 aromatic rings. The van der Waals surface area contributed by atoms with Crippen LogP contribution in [0.2, 0.25) is 0 Å². The van der Waals surface area contributed by atoms with Crippen LogP contribution >= 0.6 is 0 Å². The molecule has 0 aliphatic heterocycles. The van der Waals surface area contributed by atoms with Gasteiger partial charge in [0.05, 0.1) is 6.61 Å². The number of hydrogen-bond acceptors (Lipinski definition) is 4. The second-order valence-electron chi connectivity index (χ2n) is 7.01. The summed E-state index contributed by atoms with van der Waals surface area (Å²) in [4.78, 5) is 25.6. The fraction of sp³-hybridized carbons (Fsp3) is 0.364. The van der Waals surface area contributed by atoms with Crippen LogP contribution in [-0.2, 0) is 22.7 Å². The molecule has 0 saturated heterocycles. The summed E-state index contributed by atoms with van der Waals surface area (Å²) >= 11 is 0. The fourth-order valence-electron chi connectivity index (χ4n) is 3.45. The minimum absolute atomic E-state index is 0.0718. The highest BCUT2D eigenvalue weighted by molar-refractivity contribution is 5.98. The van der Waals surface area contributed by atoms with Gasteiger partial charge >= 0.3 is 5.97 Å². The quantitative estimate of drug-likeness (QED) is 0.768. The third-order valence-corrected chi connectivity index (χ3v) is 5.06. The van der Waals surface area contributed by atoms with Gasteiger partial charge in [-0.25, -0.2) is 4.79 Å². The van der Waals surface area contributed by atoms with Gasteiger partial charge in [0.25, 0.3) is 5.91 Å². The summed E-state index contributed by atoms with van der Waals surface area (Å²) in [5.74, 6) is -0.663. The minimum atomic E-state index is -0.972. The maximum absolute atomic E-state index is 12.9. The zero-order chi connectivity index (χ0) is 19.1. The summed E-state index contributed by atoms with van der Waals surface area (Å²) in [5.41, 5.74) is 1.15. The van der Waals surface area contributed by atoms with Crippen LogP contribution < -0.4 is 5.32 Å². The maximum atomic E-state index is 12.9. The van der Waals surface area contributed by atoms with Gasteiger partial charge in [0.1, 0.15) is 12.1 Å². The van der Waals surface area contributed by atoms with E-state index >= 15 is 0 Å². The predicted octanol–water partition coefficient (Wildman–Crippen LogP) is 3.36. The van der Waals surface area contributed by atoms with Crippen molar-refractivity contribution in [1.29, 1.82) is 0 Å². The molecular formula is C22H25NO4. The first-order valence-electron chi connectivity index (χ1n) is 9.36. The largest absolute Gasteiger partial charge is 0.459 e. The molecule has 142 valence electrons. The van der Waals surface area contributed by atoms with Gasteiger partial charge in [0.15, 0.2) is 0 Å². The zero-order valence-electron chi connectivity index (χ0n) is 15.3. The molecule has 2 N–H and O–H groups in total. The second-order valence-corrected chi connectivity index (χ2v) is 7.01. The highest BCUT2D eigenvalue weighted by Crippen LogP contribution is 2.30. The molecule has 0 unspecified atom stereocenters. The van der Waals surface area contributed by atoms with Crippen molar-refractivity contribution in [3.05, 3.63) is 71.3 Å². The fourth-order valence-corrected chi connectivity index (χ4v) is 3.45. The van der Waals surface area contributed by atoms with Gasteiger partial charge in [0.2, 0.25) is 0 Å². The summed E-state index contributed by atoms with van der Waals surface area (Å²) in [6.07, 6.45) is 3.98. The van der Waals surface area contributed by atoms with E-state index < -0.39 is 5.54 Å². The van der Waals surface area contributed by atoms with Crippen molar-refractivity contribution in [2.24, 2.45) is 0 Å². The molecule has 0 bridgehead atoms. The van der Waals surface area contributed by atoms with Gasteiger partial charge in [-0.3, -0.25) is 4.79 Å². The Hall–Kier alpha value is -2.66. The molecule has 1 fully saturated rings.